The van der Waals surface area contributed by atoms with Crippen LogP contribution in [-0.4, -0.2) is 49.5 Å². The molecule has 0 radical (unpaired) electrons. The lowest BCUT2D eigenvalue weighted by Gasteiger charge is -2.25. The number of anilines is 1. The minimum absolute atomic E-state index is 0.00345. The number of imidazole rings is 1. The van der Waals surface area contributed by atoms with Gasteiger partial charge in [0, 0.05) is 49.6 Å². The summed E-state index contributed by atoms with van der Waals surface area (Å²) in [4.78, 5) is 37.1. The van der Waals surface area contributed by atoms with Gasteiger partial charge in [-0.15, -0.1) is 0 Å². The minimum Gasteiger partial charge on any atom is -0.395 e. The molecule has 2 aromatic carbocycles. The number of hydrogen-bond donors (Lipinski definition) is 2. The Kier molecular flexibility index (Phi) is 6.77. The first-order valence-electron chi connectivity index (χ1n) is 12.2. The Morgan fingerprint density at radius 3 is 2.53 bits per heavy atom. The Labute approximate surface area is 209 Å². The maximum absolute atomic E-state index is 13.6. The van der Waals surface area contributed by atoms with Crippen LogP contribution in [0.25, 0.3) is 22.4 Å². The van der Waals surface area contributed by atoms with Gasteiger partial charge in [0.2, 0.25) is 5.91 Å². The van der Waals surface area contributed by atoms with E-state index in [0.717, 1.165) is 35.9 Å². The van der Waals surface area contributed by atoms with Crippen LogP contribution in [0.2, 0.25) is 0 Å². The first-order valence-corrected chi connectivity index (χ1v) is 12.2. The van der Waals surface area contributed by atoms with Crippen molar-refractivity contribution in [3.63, 3.8) is 0 Å². The lowest BCUT2D eigenvalue weighted by molar-refractivity contribution is -0.122. The Bertz CT molecular complexity index is 1380. The van der Waals surface area contributed by atoms with E-state index < -0.39 is 0 Å². The van der Waals surface area contributed by atoms with Crippen molar-refractivity contribution in [3.05, 3.63) is 78.1 Å². The highest BCUT2D eigenvalue weighted by Crippen LogP contribution is 2.33. The fourth-order valence-electron chi connectivity index (χ4n) is 4.59. The van der Waals surface area contributed by atoms with Crippen molar-refractivity contribution in [2.45, 2.75) is 25.8 Å². The van der Waals surface area contributed by atoms with E-state index in [9.17, 15) is 14.7 Å². The van der Waals surface area contributed by atoms with Gasteiger partial charge in [-0.3, -0.25) is 14.6 Å². The van der Waals surface area contributed by atoms with Crippen molar-refractivity contribution in [1.82, 2.24) is 19.4 Å². The van der Waals surface area contributed by atoms with Crippen molar-refractivity contribution < 1.29 is 14.7 Å². The zero-order valence-electron chi connectivity index (χ0n) is 20.2. The number of benzene rings is 2. The topological polar surface area (TPSA) is 100 Å². The molecule has 1 saturated carbocycles. The van der Waals surface area contributed by atoms with Crippen LogP contribution in [-0.2, 0) is 18.4 Å². The van der Waals surface area contributed by atoms with Crippen LogP contribution >= 0.6 is 0 Å². The predicted octanol–water partition coefficient (Wildman–Crippen LogP) is 4.01. The zero-order valence-corrected chi connectivity index (χ0v) is 20.2. The number of nitrogens with zero attached hydrogens (tertiary/aromatic N) is 4. The molecule has 1 aliphatic carbocycles. The summed E-state index contributed by atoms with van der Waals surface area (Å²) >= 11 is 0. The number of aromatic nitrogens is 3. The molecule has 0 saturated heterocycles. The number of fused-ring (bicyclic) bond motifs is 1. The second-order valence-corrected chi connectivity index (χ2v) is 9.17. The van der Waals surface area contributed by atoms with Gasteiger partial charge >= 0.3 is 0 Å². The summed E-state index contributed by atoms with van der Waals surface area (Å²) in [6.45, 7) is 0.411. The Balaban J connectivity index is 1.57. The third kappa shape index (κ3) is 4.72. The lowest BCUT2D eigenvalue weighted by Crippen LogP contribution is -2.33. The highest BCUT2D eigenvalue weighted by atomic mass is 16.3. The van der Waals surface area contributed by atoms with Gasteiger partial charge in [-0.25, -0.2) is 4.98 Å². The molecule has 184 valence electrons. The van der Waals surface area contributed by atoms with E-state index >= 15 is 0 Å². The normalized spacial score (nSPS) is 13.4. The van der Waals surface area contributed by atoms with Crippen LogP contribution in [0.5, 0.6) is 0 Å². The number of nitrogens with one attached hydrogen (secondary N) is 1. The number of pyridine rings is 1. The van der Waals surface area contributed by atoms with Crippen molar-refractivity contribution in [1.29, 1.82) is 0 Å². The fraction of sp³-hybridized carbons (Fsp3) is 0.286. The van der Waals surface area contributed by atoms with E-state index in [-0.39, 0.29) is 30.9 Å². The third-order valence-corrected chi connectivity index (χ3v) is 6.76. The first kappa shape index (κ1) is 23.7. The summed E-state index contributed by atoms with van der Waals surface area (Å²) in [5.41, 5.74) is 4.20. The number of amides is 2. The van der Waals surface area contributed by atoms with E-state index in [1.54, 1.807) is 29.4 Å². The average Bonchev–Trinajstić information content (AvgIpc) is 3.20. The molecule has 36 heavy (non-hydrogen) atoms. The third-order valence-electron chi connectivity index (χ3n) is 6.76. The van der Waals surface area contributed by atoms with E-state index in [4.69, 9.17) is 4.98 Å². The smallest absolute Gasteiger partial charge is 0.254 e. The van der Waals surface area contributed by atoms with Crippen LogP contribution < -0.4 is 5.32 Å². The zero-order chi connectivity index (χ0) is 25.1. The molecule has 1 fully saturated rings. The second kappa shape index (κ2) is 10.3. The molecule has 2 heterocycles. The lowest BCUT2D eigenvalue weighted by atomic mass is 9.85. The summed E-state index contributed by atoms with van der Waals surface area (Å²) in [5.74, 6) is 0.448. The maximum Gasteiger partial charge on any atom is 0.254 e. The van der Waals surface area contributed by atoms with Crippen LogP contribution in [0.1, 0.15) is 35.2 Å². The summed E-state index contributed by atoms with van der Waals surface area (Å²) in [7, 11) is 1.90. The standard InChI is InChI=1S/C28H29N5O3/c1-32-25-23(30-26(32)20-10-12-29-13-11-20)16-22(17-24(25)31-27(35)21-8-5-9-21)28(36)33(14-15-34)18-19-6-3-2-4-7-19/h2-4,6-7,10-13,16-17,21,34H,5,8-9,14-15,18H2,1H3,(H,31,35). The number of carbonyl (C=O) groups excluding carboxylic acids is 2. The van der Waals surface area contributed by atoms with Gasteiger partial charge in [-0.2, -0.15) is 0 Å². The van der Waals surface area contributed by atoms with Crippen molar-refractivity contribution in [2.24, 2.45) is 13.0 Å². The van der Waals surface area contributed by atoms with E-state index in [2.05, 4.69) is 10.3 Å². The molecule has 8 nitrogen and oxygen atoms in total. The number of aliphatic hydroxyl groups is 1. The molecule has 2 amide bonds. The minimum atomic E-state index is -0.231. The molecule has 1 aliphatic rings. The number of aliphatic hydroxyl groups excluding tert-OH is 1. The molecule has 2 N–H and O–H groups in total. The highest BCUT2D eigenvalue weighted by Gasteiger charge is 2.27. The van der Waals surface area contributed by atoms with Crippen LogP contribution in [0.15, 0.2) is 67.0 Å². The molecule has 8 heteroatoms. The monoisotopic (exact) mass is 483 g/mol. The number of hydrogen-bond acceptors (Lipinski definition) is 5. The van der Waals surface area contributed by atoms with Crippen LogP contribution in [0.4, 0.5) is 5.69 Å². The van der Waals surface area contributed by atoms with Crippen LogP contribution in [0, 0.1) is 5.92 Å². The van der Waals surface area contributed by atoms with Gasteiger partial charge in [-0.05, 0) is 42.7 Å². The predicted molar refractivity (Wildman–Crippen MR) is 138 cm³/mol. The Hall–Kier alpha value is -4.04. The summed E-state index contributed by atoms with van der Waals surface area (Å²) < 4.78 is 1.94. The van der Waals surface area contributed by atoms with Gasteiger partial charge in [-0.1, -0.05) is 36.8 Å². The Morgan fingerprint density at radius 1 is 1.11 bits per heavy atom. The Morgan fingerprint density at radius 2 is 1.86 bits per heavy atom. The average molecular weight is 484 g/mol. The molecule has 0 bridgehead atoms. The summed E-state index contributed by atoms with van der Waals surface area (Å²) in [6, 6.07) is 16.9. The van der Waals surface area contributed by atoms with Crippen molar-refractivity contribution in [3.8, 4) is 11.4 Å². The van der Waals surface area contributed by atoms with Crippen molar-refractivity contribution >= 4 is 28.5 Å². The SMILES string of the molecule is Cn1c(-c2ccncc2)nc2cc(C(=O)N(CCO)Cc3ccccc3)cc(NC(=O)C3CCC3)c21. The van der Waals surface area contributed by atoms with Gasteiger partial charge in [0.25, 0.3) is 5.91 Å². The second-order valence-electron chi connectivity index (χ2n) is 9.17. The number of carbonyl (C=O) groups is 2. The maximum atomic E-state index is 13.6. The number of aryl methyl sites for hydroxylation is 1. The molecule has 0 atom stereocenters. The van der Waals surface area contributed by atoms with Gasteiger partial charge in [0.15, 0.2) is 0 Å². The molecule has 4 aromatic rings. The van der Waals surface area contributed by atoms with E-state index in [1.807, 2.05) is 54.1 Å². The quantitative estimate of drug-likeness (QED) is 0.394. The van der Waals surface area contributed by atoms with Crippen LogP contribution in [0.3, 0.4) is 0 Å². The summed E-state index contributed by atoms with van der Waals surface area (Å²) in [5, 5.41) is 12.7. The van der Waals surface area contributed by atoms with Gasteiger partial charge in [0.1, 0.15) is 5.82 Å². The molecular formula is C28H29N5O3. The molecule has 2 aromatic heterocycles. The van der Waals surface area contributed by atoms with E-state index in [1.165, 1.54) is 0 Å². The summed E-state index contributed by atoms with van der Waals surface area (Å²) in [6.07, 6.45) is 6.23. The molecule has 0 aliphatic heterocycles. The largest absolute Gasteiger partial charge is 0.395 e. The van der Waals surface area contributed by atoms with Gasteiger partial charge < -0.3 is 19.9 Å². The van der Waals surface area contributed by atoms with E-state index in [0.29, 0.717) is 29.1 Å². The molecule has 0 spiro atoms. The van der Waals surface area contributed by atoms with Crippen molar-refractivity contribution in [2.75, 3.05) is 18.5 Å². The highest BCUT2D eigenvalue weighted by molar-refractivity contribution is 6.06. The molecular weight excluding hydrogens is 454 g/mol. The fourth-order valence-corrected chi connectivity index (χ4v) is 4.59. The molecule has 0 unspecified atom stereocenters. The first-order chi connectivity index (χ1) is 17.5. The molecule has 5 rings (SSSR count). The van der Waals surface area contributed by atoms with Gasteiger partial charge in [0.05, 0.1) is 23.3 Å². The number of rotatable bonds is 8.